The van der Waals surface area contributed by atoms with Gasteiger partial charge in [0.05, 0.1) is 31.8 Å². The van der Waals surface area contributed by atoms with Gasteiger partial charge in [0, 0.05) is 13.2 Å². The fourth-order valence-electron chi connectivity index (χ4n) is 1.89. The van der Waals surface area contributed by atoms with Gasteiger partial charge in [0.2, 0.25) is 5.91 Å². The van der Waals surface area contributed by atoms with E-state index >= 15 is 0 Å². The van der Waals surface area contributed by atoms with Gasteiger partial charge in [-0.05, 0) is 12.8 Å². The minimum absolute atomic E-state index is 0.0113. The van der Waals surface area contributed by atoms with Crippen molar-refractivity contribution in [1.29, 1.82) is 0 Å². The average molecular weight is 231 g/mol. The Morgan fingerprint density at radius 1 is 1.56 bits per heavy atom. The van der Waals surface area contributed by atoms with Crippen LogP contribution in [0.5, 0.6) is 0 Å². The van der Waals surface area contributed by atoms with Gasteiger partial charge in [0.15, 0.2) is 0 Å². The molecule has 1 rings (SSSR count). The molecule has 5 heteroatoms. The van der Waals surface area contributed by atoms with Crippen LogP contribution in [0.4, 0.5) is 0 Å². The van der Waals surface area contributed by atoms with Gasteiger partial charge < -0.3 is 19.9 Å². The molecule has 1 aliphatic rings. The average Bonchev–Trinajstić information content (AvgIpc) is 2.76. The number of rotatable bonds is 7. The Morgan fingerprint density at radius 2 is 2.38 bits per heavy atom. The van der Waals surface area contributed by atoms with Gasteiger partial charge in [-0.1, -0.05) is 6.92 Å². The Morgan fingerprint density at radius 3 is 3.06 bits per heavy atom. The summed E-state index contributed by atoms with van der Waals surface area (Å²) in [6.07, 6.45) is 1.75. The lowest BCUT2D eigenvalue weighted by atomic mass is 9.99. The van der Waals surface area contributed by atoms with Crippen LogP contribution in [0, 0.1) is 5.92 Å². The number of aliphatic hydroxyl groups excluding tert-OH is 1. The molecule has 1 amide bonds. The molecule has 0 bridgehead atoms. The van der Waals surface area contributed by atoms with Crippen LogP contribution in [0.25, 0.3) is 0 Å². The maximum atomic E-state index is 11.8. The zero-order valence-electron chi connectivity index (χ0n) is 9.78. The molecular formula is C11H21NO4. The molecule has 0 spiro atoms. The second-order valence-corrected chi connectivity index (χ2v) is 3.84. The molecule has 1 aliphatic heterocycles. The van der Waals surface area contributed by atoms with Crippen LogP contribution >= 0.6 is 0 Å². The Labute approximate surface area is 96.1 Å². The quantitative estimate of drug-likeness (QED) is 0.602. The van der Waals surface area contributed by atoms with Gasteiger partial charge in [-0.3, -0.25) is 4.79 Å². The standard InChI is InChI=1S/C11H21NO4/c1-2-10-9(3-6-16-10)11(14)12-4-7-15-8-5-13/h9-10,13H,2-8H2,1H3,(H,12,14). The number of ether oxygens (including phenoxy) is 2. The molecule has 2 atom stereocenters. The second kappa shape index (κ2) is 7.60. The van der Waals surface area contributed by atoms with Gasteiger partial charge in [-0.2, -0.15) is 0 Å². The van der Waals surface area contributed by atoms with Gasteiger partial charge in [-0.25, -0.2) is 0 Å². The summed E-state index contributed by atoms with van der Waals surface area (Å²) in [6, 6.07) is 0. The summed E-state index contributed by atoms with van der Waals surface area (Å²) in [7, 11) is 0. The van der Waals surface area contributed by atoms with Crippen molar-refractivity contribution in [3.05, 3.63) is 0 Å². The highest BCUT2D eigenvalue weighted by atomic mass is 16.5. The number of carbonyl (C=O) groups is 1. The zero-order chi connectivity index (χ0) is 11.8. The van der Waals surface area contributed by atoms with Gasteiger partial charge in [-0.15, -0.1) is 0 Å². The van der Waals surface area contributed by atoms with E-state index < -0.39 is 0 Å². The van der Waals surface area contributed by atoms with Crippen molar-refractivity contribution in [1.82, 2.24) is 5.32 Å². The fraction of sp³-hybridized carbons (Fsp3) is 0.909. The minimum Gasteiger partial charge on any atom is -0.394 e. The molecule has 0 aromatic rings. The summed E-state index contributed by atoms with van der Waals surface area (Å²) < 4.78 is 10.5. The summed E-state index contributed by atoms with van der Waals surface area (Å²) in [5.41, 5.74) is 0. The van der Waals surface area contributed by atoms with Crippen molar-refractivity contribution in [3.63, 3.8) is 0 Å². The van der Waals surface area contributed by atoms with E-state index in [4.69, 9.17) is 14.6 Å². The Balaban J connectivity index is 2.14. The summed E-state index contributed by atoms with van der Waals surface area (Å²) >= 11 is 0. The zero-order valence-corrected chi connectivity index (χ0v) is 9.78. The lowest BCUT2D eigenvalue weighted by Crippen LogP contribution is -2.36. The van der Waals surface area contributed by atoms with E-state index in [0.717, 1.165) is 12.8 Å². The molecule has 2 N–H and O–H groups in total. The van der Waals surface area contributed by atoms with E-state index in [-0.39, 0.29) is 24.5 Å². The van der Waals surface area contributed by atoms with Gasteiger partial charge >= 0.3 is 0 Å². The number of carbonyl (C=O) groups excluding carboxylic acids is 1. The topological polar surface area (TPSA) is 67.8 Å². The number of hydrogen-bond acceptors (Lipinski definition) is 4. The number of nitrogens with one attached hydrogen (secondary N) is 1. The van der Waals surface area contributed by atoms with Gasteiger partial charge in [0.1, 0.15) is 0 Å². The first-order valence-electron chi connectivity index (χ1n) is 5.87. The largest absolute Gasteiger partial charge is 0.394 e. The van der Waals surface area contributed by atoms with E-state index in [1.54, 1.807) is 0 Å². The molecule has 0 radical (unpaired) electrons. The van der Waals surface area contributed by atoms with Crippen LogP contribution in [0.3, 0.4) is 0 Å². The molecule has 5 nitrogen and oxygen atoms in total. The molecule has 16 heavy (non-hydrogen) atoms. The fourth-order valence-corrected chi connectivity index (χ4v) is 1.89. The second-order valence-electron chi connectivity index (χ2n) is 3.84. The Hall–Kier alpha value is -0.650. The first-order valence-corrected chi connectivity index (χ1v) is 5.87. The van der Waals surface area contributed by atoms with E-state index in [1.807, 2.05) is 6.92 Å². The molecule has 94 valence electrons. The van der Waals surface area contributed by atoms with Crippen molar-refractivity contribution >= 4 is 5.91 Å². The van der Waals surface area contributed by atoms with Crippen molar-refractivity contribution in [2.24, 2.45) is 5.92 Å². The predicted octanol–water partition coefficient (Wildman–Crippen LogP) is -0.0734. The Bertz CT molecular complexity index is 210. The van der Waals surface area contributed by atoms with E-state index in [9.17, 15) is 4.79 Å². The van der Waals surface area contributed by atoms with E-state index in [2.05, 4.69) is 5.32 Å². The molecule has 1 heterocycles. The smallest absolute Gasteiger partial charge is 0.225 e. The molecular weight excluding hydrogens is 210 g/mol. The highest BCUT2D eigenvalue weighted by Crippen LogP contribution is 2.23. The normalized spacial score (nSPS) is 24.6. The van der Waals surface area contributed by atoms with Crippen molar-refractivity contribution in [2.75, 3.05) is 33.0 Å². The lowest BCUT2D eigenvalue weighted by molar-refractivity contribution is -0.126. The van der Waals surface area contributed by atoms with E-state index in [1.165, 1.54) is 0 Å². The third-order valence-electron chi connectivity index (χ3n) is 2.73. The van der Waals surface area contributed by atoms with Crippen LogP contribution in [-0.4, -0.2) is 50.1 Å². The highest BCUT2D eigenvalue weighted by molar-refractivity contribution is 5.79. The third kappa shape index (κ3) is 4.08. The monoisotopic (exact) mass is 231 g/mol. The first-order chi connectivity index (χ1) is 7.79. The molecule has 1 saturated heterocycles. The molecule has 0 aromatic heterocycles. The van der Waals surface area contributed by atoms with Crippen LogP contribution in [0.2, 0.25) is 0 Å². The maximum Gasteiger partial charge on any atom is 0.225 e. The molecule has 1 fully saturated rings. The SMILES string of the molecule is CCC1OCCC1C(=O)NCCOCCO. The Kier molecular flexibility index (Phi) is 6.37. The van der Waals surface area contributed by atoms with Crippen LogP contribution in [0.1, 0.15) is 19.8 Å². The number of aliphatic hydroxyl groups is 1. The minimum atomic E-state index is -0.0113. The molecule has 0 aliphatic carbocycles. The highest BCUT2D eigenvalue weighted by Gasteiger charge is 2.32. The van der Waals surface area contributed by atoms with Crippen LogP contribution in [0.15, 0.2) is 0 Å². The first kappa shape index (κ1) is 13.4. The third-order valence-corrected chi connectivity index (χ3v) is 2.73. The summed E-state index contributed by atoms with van der Waals surface area (Å²) in [4.78, 5) is 11.8. The molecule has 0 aromatic carbocycles. The van der Waals surface area contributed by atoms with Crippen molar-refractivity contribution in [2.45, 2.75) is 25.9 Å². The van der Waals surface area contributed by atoms with Crippen LogP contribution in [-0.2, 0) is 14.3 Å². The maximum absolute atomic E-state index is 11.8. The molecule has 0 saturated carbocycles. The summed E-state index contributed by atoms with van der Waals surface area (Å²) in [5.74, 6) is 0.0415. The van der Waals surface area contributed by atoms with Crippen LogP contribution < -0.4 is 5.32 Å². The van der Waals surface area contributed by atoms with Crippen molar-refractivity contribution < 1.29 is 19.4 Å². The van der Waals surface area contributed by atoms with Crippen molar-refractivity contribution in [3.8, 4) is 0 Å². The molecule has 2 unspecified atom stereocenters. The predicted molar refractivity (Wildman–Crippen MR) is 59.1 cm³/mol. The summed E-state index contributed by atoms with van der Waals surface area (Å²) in [5, 5.41) is 11.3. The lowest BCUT2D eigenvalue weighted by Gasteiger charge is -2.16. The summed E-state index contributed by atoms with van der Waals surface area (Å²) in [6.45, 7) is 3.98. The van der Waals surface area contributed by atoms with E-state index in [0.29, 0.717) is 26.4 Å². The van der Waals surface area contributed by atoms with Gasteiger partial charge in [0.25, 0.3) is 0 Å². The number of amides is 1. The number of hydrogen-bond donors (Lipinski definition) is 2.